The maximum absolute atomic E-state index is 11.9. The Morgan fingerprint density at radius 3 is 2.71 bits per heavy atom. The van der Waals surface area contributed by atoms with Crippen LogP contribution in [0.15, 0.2) is 57.5 Å². The van der Waals surface area contributed by atoms with Gasteiger partial charge in [0.25, 0.3) is 0 Å². The molecule has 2 aromatic rings. The van der Waals surface area contributed by atoms with Gasteiger partial charge in [-0.05, 0) is 57.9 Å². The maximum Gasteiger partial charge on any atom is 0.248 e. The summed E-state index contributed by atoms with van der Waals surface area (Å²) in [4.78, 5) is 11.9. The van der Waals surface area contributed by atoms with E-state index < -0.39 is 0 Å². The van der Waals surface area contributed by atoms with Gasteiger partial charge in [0.05, 0.1) is 12.8 Å². The van der Waals surface area contributed by atoms with E-state index >= 15 is 0 Å². The van der Waals surface area contributed by atoms with E-state index in [2.05, 4.69) is 37.2 Å². The van der Waals surface area contributed by atoms with Crippen LogP contribution in [0.3, 0.4) is 0 Å². The highest BCUT2D eigenvalue weighted by Crippen LogP contribution is 2.26. The number of carbonyl (C=O) groups excluding carboxylic acids is 1. The molecule has 3 nitrogen and oxygen atoms in total. The fourth-order valence-electron chi connectivity index (χ4n) is 1.68. The number of ether oxygens (including phenoxy) is 1. The minimum absolute atomic E-state index is 0.194. The molecular formula is C16H13Br2NO2. The number of rotatable bonds is 4. The van der Waals surface area contributed by atoms with Crippen molar-refractivity contribution >= 4 is 49.5 Å². The molecule has 0 saturated carbocycles. The predicted octanol–water partition coefficient (Wildman–Crippen LogP) is 4.87. The summed E-state index contributed by atoms with van der Waals surface area (Å²) < 4.78 is 6.90. The molecule has 0 heterocycles. The average Bonchev–Trinajstić information content (AvgIpc) is 2.48. The van der Waals surface area contributed by atoms with Crippen molar-refractivity contribution in [3.63, 3.8) is 0 Å². The molecule has 0 fully saturated rings. The summed E-state index contributed by atoms with van der Waals surface area (Å²) in [6, 6.07) is 13.1. The molecule has 0 spiro atoms. The van der Waals surface area contributed by atoms with Gasteiger partial charge >= 0.3 is 0 Å². The zero-order valence-electron chi connectivity index (χ0n) is 11.3. The second kappa shape index (κ2) is 7.43. The van der Waals surface area contributed by atoms with Crippen LogP contribution in [0.5, 0.6) is 5.75 Å². The number of hydrogen-bond acceptors (Lipinski definition) is 2. The molecule has 0 atom stereocenters. The molecule has 0 radical (unpaired) electrons. The topological polar surface area (TPSA) is 38.3 Å². The summed E-state index contributed by atoms with van der Waals surface area (Å²) in [6.07, 6.45) is 3.23. The van der Waals surface area contributed by atoms with Gasteiger partial charge in [-0.2, -0.15) is 0 Å². The summed E-state index contributed by atoms with van der Waals surface area (Å²) in [5.41, 5.74) is 1.62. The second-order valence-electron chi connectivity index (χ2n) is 4.22. The maximum atomic E-state index is 11.9. The molecule has 5 heteroatoms. The van der Waals surface area contributed by atoms with Gasteiger partial charge in [0.15, 0.2) is 0 Å². The van der Waals surface area contributed by atoms with Crippen LogP contribution in [0.1, 0.15) is 5.56 Å². The second-order valence-corrected chi connectivity index (χ2v) is 5.99. The van der Waals surface area contributed by atoms with Crippen molar-refractivity contribution in [1.82, 2.24) is 0 Å². The van der Waals surface area contributed by atoms with Crippen molar-refractivity contribution in [2.45, 2.75) is 0 Å². The summed E-state index contributed by atoms with van der Waals surface area (Å²) >= 11 is 6.77. The number of nitrogens with one attached hydrogen (secondary N) is 1. The molecule has 0 unspecified atom stereocenters. The fourth-order valence-corrected chi connectivity index (χ4v) is 2.83. The van der Waals surface area contributed by atoms with Crippen molar-refractivity contribution in [2.75, 3.05) is 12.4 Å². The Labute approximate surface area is 140 Å². The molecule has 0 saturated heterocycles. The van der Waals surface area contributed by atoms with Crippen LogP contribution < -0.4 is 10.1 Å². The number of anilines is 1. The first-order chi connectivity index (χ1) is 10.1. The first-order valence-electron chi connectivity index (χ1n) is 6.16. The van der Waals surface area contributed by atoms with Crippen molar-refractivity contribution < 1.29 is 9.53 Å². The third-order valence-electron chi connectivity index (χ3n) is 2.71. The standard InChI is InChI=1S/C16H13Br2NO2/c1-21-13-4-2-3-11(9-13)5-8-16(20)19-15-7-6-12(17)10-14(15)18/h2-10H,1H3,(H,19,20)/b8-5+. The summed E-state index contributed by atoms with van der Waals surface area (Å²) in [7, 11) is 1.61. The first-order valence-corrected chi connectivity index (χ1v) is 7.75. The summed E-state index contributed by atoms with van der Waals surface area (Å²) in [5, 5.41) is 2.81. The number of methoxy groups -OCH3 is 1. The quantitative estimate of drug-likeness (QED) is 0.730. The van der Waals surface area contributed by atoms with Gasteiger partial charge in [-0.3, -0.25) is 4.79 Å². The molecular weight excluding hydrogens is 398 g/mol. The summed E-state index contributed by atoms with van der Waals surface area (Å²) in [6.45, 7) is 0. The largest absolute Gasteiger partial charge is 0.497 e. The molecule has 2 rings (SSSR count). The van der Waals surface area contributed by atoms with Crippen molar-refractivity contribution in [3.05, 3.63) is 63.0 Å². The Balaban J connectivity index is 2.05. The van der Waals surface area contributed by atoms with Gasteiger partial charge in [-0.1, -0.05) is 28.1 Å². The van der Waals surface area contributed by atoms with E-state index in [0.717, 1.165) is 25.9 Å². The van der Waals surface area contributed by atoms with E-state index in [4.69, 9.17) is 4.74 Å². The SMILES string of the molecule is COc1cccc(/C=C/C(=O)Nc2ccc(Br)cc2Br)c1. The van der Waals surface area contributed by atoms with Crippen molar-refractivity contribution in [2.24, 2.45) is 0 Å². The number of halogens is 2. The zero-order valence-corrected chi connectivity index (χ0v) is 14.4. The van der Waals surface area contributed by atoms with Crippen LogP contribution in [0.25, 0.3) is 6.08 Å². The highest BCUT2D eigenvalue weighted by atomic mass is 79.9. The van der Waals surface area contributed by atoms with E-state index in [0.29, 0.717) is 0 Å². The Morgan fingerprint density at radius 2 is 2.00 bits per heavy atom. The Morgan fingerprint density at radius 1 is 1.19 bits per heavy atom. The Hall–Kier alpha value is -1.59. The Kier molecular flexibility index (Phi) is 5.59. The lowest BCUT2D eigenvalue weighted by Crippen LogP contribution is -2.08. The Bertz CT molecular complexity index is 684. The van der Waals surface area contributed by atoms with Crippen LogP contribution in [0, 0.1) is 0 Å². The van der Waals surface area contributed by atoms with Crippen LogP contribution in [-0.2, 0) is 4.79 Å². The van der Waals surface area contributed by atoms with Crippen molar-refractivity contribution in [3.8, 4) is 5.75 Å². The van der Waals surface area contributed by atoms with E-state index in [9.17, 15) is 4.79 Å². The highest BCUT2D eigenvalue weighted by Gasteiger charge is 2.03. The van der Waals surface area contributed by atoms with Crippen molar-refractivity contribution in [1.29, 1.82) is 0 Å². The minimum atomic E-state index is -0.194. The molecule has 1 amide bonds. The first kappa shape index (κ1) is 15.8. The molecule has 108 valence electrons. The molecule has 21 heavy (non-hydrogen) atoms. The zero-order chi connectivity index (χ0) is 15.2. The minimum Gasteiger partial charge on any atom is -0.497 e. The molecule has 0 aliphatic heterocycles. The van der Waals surface area contributed by atoms with Crippen LogP contribution in [0.4, 0.5) is 5.69 Å². The average molecular weight is 411 g/mol. The lowest BCUT2D eigenvalue weighted by Gasteiger charge is -2.05. The van der Waals surface area contributed by atoms with Gasteiger partial charge in [0.2, 0.25) is 5.91 Å². The summed E-state index contributed by atoms with van der Waals surface area (Å²) in [5.74, 6) is 0.564. The number of hydrogen-bond donors (Lipinski definition) is 1. The third-order valence-corrected chi connectivity index (χ3v) is 3.86. The highest BCUT2D eigenvalue weighted by molar-refractivity contribution is 9.11. The third kappa shape index (κ3) is 4.72. The molecule has 0 bridgehead atoms. The molecule has 0 aliphatic rings. The van der Waals surface area contributed by atoms with Gasteiger partial charge in [-0.15, -0.1) is 0 Å². The van der Waals surface area contributed by atoms with Crippen LogP contribution >= 0.6 is 31.9 Å². The lowest BCUT2D eigenvalue weighted by molar-refractivity contribution is -0.111. The number of benzene rings is 2. The predicted molar refractivity (Wildman–Crippen MR) is 92.5 cm³/mol. The van der Waals surface area contributed by atoms with Gasteiger partial charge in [-0.25, -0.2) is 0 Å². The number of carbonyl (C=O) groups is 1. The van der Waals surface area contributed by atoms with E-state index in [1.807, 2.05) is 42.5 Å². The van der Waals surface area contributed by atoms with E-state index in [1.54, 1.807) is 13.2 Å². The molecule has 0 aromatic heterocycles. The molecule has 2 aromatic carbocycles. The molecule has 0 aliphatic carbocycles. The molecule has 1 N–H and O–H groups in total. The monoisotopic (exact) mass is 409 g/mol. The van der Waals surface area contributed by atoms with Gasteiger partial charge in [0, 0.05) is 15.0 Å². The normalized spacial score (nSPS) is 10.6. The van der Waals surface area contributed by atoms with Gasteiger partial charge in [0.1, 0.15) is 5.75 Å². The van der Waals surface area contributed by atoms with Crippen LogP contribution in [0.2, 0.25) is 0 Å². The van der Waals surface area contributed by atoms with E-state index in [1.165, 1.54) is 6.08 Å². The van der Waals surface area contributed by atoms with E-state index in [-0.39, 0.29) is 5.91 Å². The number of amides is 1. The van der Waals surface area contributed by atoms with Gasteiger partial charge < -0.3 is 10.1 Å². The van der Waals surface area contributed by atoms with Crippen LogP contribution in [-0.4, -0.2) is 13.0 Å². The lowest BCUT2D eigenvalue weighted by atomic mass is 10.2. The smallest absolute Gasteiger partial charge is 0.248 e. The fraction of sp³-hybridized carbons (Fsp3) is 0.0625.